The second kappa shape index (κ2) is 6.72. The summed E-state index contributed by atoms with van der Waals surface area (Å²) >= 11 is 0. The van der Waals surface area contributed by atoms with Crippen molar-refractivity contribution in [3.05, 3.63) is 41.2 Å². The van der Waals surface area contributed by atoms with Crippen molar-refractivity contribution in [1.82, 2.24) is 9.78 Å². The Morgan fingerprint density at radius 2 is 1.96 bits per heavy atom. The highest BCUT2D eigenvalue weighted by atomic mass is 19.4. The summed E-state index contributed by atoms with van der Waals surface area (Å²) in [4.78, 5) is 0. The fourth-order valence-corrected chi connectivity index (χ4v) is 2.67. The Morgan fingerprint density at radius 3 is 2.71 bits per heavy atom. The number of ether oxygens (including phenoxy) is 2. The van der Waals surface area contributed by atoms with E-state index >= 15 is 0 Å². The van der Waals surface area contributed by atoms with Crippen molar-refractivity contribution < 1.29 is 27.8 Å². The van der Waals surface area contributed by atoms with Gasteiger partial charge in [0.1, 0.15) is 13.2 Å². The predicted molar refractivity (Wildman–Crippen MR) is 79.2 cm³/mol. The molecule has 5 nitrogen and oxygen atoms in total. The van der Waals surface area contributed by atoms with Crippen LogP contribution in [0.5, 0.6) is 11.5 Å². The van der Waals surface area contributed by atoms with E-state index in [0.29, 0.717) is 30.3 Å². The zero-order valence-electron chi connectivity index (χ0n) is 12.8. The van der Waals surface area contributed by atoms with E-state index in [4.69, 9.17) is 14.6 Å². The van der Waals surface area contributed by atoms with Crippen LogP contribution in [0.2, 0.25) is 0 Å². The molecule has 3 rings (SSSR count). The van der Waals surface area contributed by atoms with Gasteiger partial charge < -0.3 is 14.6 Å². The number of hydrogen-bond donors (Lipinski definition) is 1. The molecule has 1 aromatic carbocycles. The minimum Gasteiger partial charge on any atom is -0.486 e. The van der Waals surface area contributed by atoms with Crippen molar-refractivity contribution in [2.45, 2.75) is 25.6 Å². The normalized spacial score (nSPS) is 14.0. The lowest BCUT2D eigenvalue weighted by molar-refractivity contribution is -0.142. The van der Waals surface area contributed by atoms with Gasteiger partial charge in [0.2, 0.25) is 0 Å². The lowest BCUT2D eigenvalue weighted by atomic mass is 10.1. The molecule has 0 radical (unpaired) electrons. The molecule has 1 aromatic heterocycles. The number of fused-ring (bicyclic) bond motifs is 1. The lowest BCUT2D eigenvalue weighted by Gasteiger charge is -2.20. The van der Waals surface area contributed by atoms with Crippen molar-refractivity contribution in [1.29, 1.82) is 0 Å². The van der Waals surface area contributed by atoms with Gasteiger partial charge >= 0.3 is 6.18 Å². The molecule has 1 aliphatic heterocycles. The number of nitrogens with zero attached hydrogens (tertiary/aromatic N) is 2. The van der Waals surface area contributed by atoms with Gasteiger partial charge in [0.25, 0.3) is 0 Å². The highest BCUT2D eigenvalue weighted by Crippen LogP contribution is 2.35. The largest absolute Gasteiger partial charge is 0.486 e. The van der Waals surface area contributed by atoms with E-state index in [0.717, 1.165) is 0 Å². The summed E-state index contributed by atoms with van der Waals surface area (Å²) in [6.45, 7) is 0.828. The van der Waals surface area contributed by atoms with Crippen molar-refractivity contribution >= 4 is 0 Å². The lowest BCUT2D eigenvalue weighted by Crippen LogP contribution is -2.17. The van der Waals surface area contributed by atoms with Gasteiger partial charge in [0.05, 0.1) is 6.54 Å². The van der Waals surface area contributed by atoms with E-state index in [-0.39, 0.29) is 31.6 Å². The molecule has 2 heterocycles. The number of hydrogen-bond acceptors (Lipinski definition) is 4. The number of aliphatic hydroxyl groups is 1. The number of aromatic nitrogens is 2. The van der Waals surface area contributed by atoms with E-state index in [9.17, 15) is 13.2 Å². The van der Waals surface area contributed by atoms with Gasteiger partial charge in [0.15, 0.2) is 17.2 Å². The number of rotatable bonds is 5. The Morgan fingerprint density at radius 1 is 1.17 bits per heavy atom. The van der Waals surface area contributed by atoms with Crippen LogP contribution in [0.15, 0.2) is 24.4 Å². The summed E-state index contributed by atoms with van der Waals surface area (Å²) in [6, 6.07) is 5.30. The third kappa shape index (κ3) is 3.48. The molecular formula is C16H17F3N2O3. The fourth-order valence-electron chi connectivity index (χ4n) is 2.67. The first-order chi connectivity index (χ1) is 11.5. The molecule has 0 aliphatic carbocycles. The quantitative estimate of drug-likeness (QED) is 0.908. The Balaban J connectivity index is 1.89. The van der Waals surface area contributed by atoms with Crippen LogP contribution in [0.1, 0.15) is 23.2 Å². The molecule has 1 N–H and O–H groups in total. The zero-order valence-corrected chi connectivity index (χ0v) is 12.8. The van der Waals surface area contributed by atoms with Crippen molar-refractivity contribution in [2.75, 3.05) is 19.8 Å². The smallest absolute Gasteiger partial charge is 0.435 e. The van der Waals surface area contributed by atoms with Crippen LogP contribution in [-0.2, 0) is 19.1 Å². The van der Waals surface area contributed by atoms with Crippen LogP contribution >= 0.6 is 0 Å². The second-order valence-corrected chi connectivity index (χ2v) is 5.47. The van der Waals surface area contributed by atoms with Gasteiger partial charge in [-0.25, -0.2) is 0 Å². The van der Waals surface area contributed by atoms with Crippen LogP contribution in [0.4, 0.5) is 13.2 Å². The van der Waals surface area contributed by atoms with Crippen LogP contribution in [0.25, 0.3) is 0 Å². The molecular weight excluding hydrogens is 325 g/mol. The first-order valence-corrected chi connectivity index (χ1v) is 7.61. The van der Waals surface area contributed by atoms with Crippen LogP contribution in [0, 0.1) is 0 Å². The molecule has 8 heteroatoms. The Kier molecular flexibility index (Phi) is 4.66. The molecule has 130 valence electrons. The maximum Gasteiger partial charge on any atom is 0.435 e. The van der Waals surface area contributed by atoms with Gasteiger partial charge in [-0.05, 0) is 18.9 Å². The zero-order chi connectivity index (χ0) is 17.2. The van der Waals surface area contributed by atoms with Crippen molar-refractivity contribution in [3.8, 4) is 11.5 Å². The topological polar surface area (TPSA) is 56.5 Å². The highest BCUT2D eigenvalue weighted by molar-refractivity contribution is 5.47. The Labute approximate surface area is 136 Å². The number of halogens is 3. The van der Waals surface area contributed by atoms with E-state index in [1.165, 1.54) is 10.9 Å². The Hall–Kier alpha value is -2.22. The summed E-state index contributed by atoms with van der Waals surface area (Å²) in [5.41, 5.74) is -0.117. The third-order valence-electron chi connectivity index (χ3n) is 3.69. The maximum atomic E-state index is 13.1. The standard InChI is InChI=1S/C16H17F3N2O3/c17-16(18,19)15-12(4-2-6-22)10-21(20-15)9-11-3-1-5-13-14(11)24-8-7-23-13/h1,3,5,10,22H,2,4,6-9H2. The van der Waals surface area contributed by atoms with Gasteiger partial charge in [-0.3, -0.25) is 4.68 Å². The van der Waals surface area contributed by atoms with E-state index < -0.39 is 11.9 Å². The van der Waals surface area contributed by atoms with Gasteiger partial charge in [0, 0.05) is 23.9 Å². The van der Waals surface area contributed by atoms with Crippen molar-refractivity contribution in [3.63, 3.8) is 0 Å². The van der Waals surface area contributed by atoms with Gasteiger partial charge in [-0.1, -0.05) is 12.1 Å². The van der Waals surface area contributed by atoms with Crippen LogP contribution in [-0.4, -0.2) is 34.7 Å². The third-order valence-corrected chi connectivity index (χ3v) is 3.69. The molecule has 1 aliphatic rings. The molecule has 0 bridgehead atoms. The molecule has 0 unspecified atom stereocenters. The van der Waals surface area contributed by atoms with E-state index in [1.54, 1.807) is 18.2 Å². The summed E-state index contributed by atoms with van der Waals surface area (Å²) < 4.78 is 51.7. The minimum atomic E-state index is -4.52. The van der Waals surface area contributed by atoms with E-state index in [2.05, 4.69) is 5.10 Å². The minimum absolute atomic E-state index is 0.0820. The van der Waals surface area contributed by atoms with E-state index in [1.807, 2.05) is 0 Å². The summed E-state index contributed by atoms with van der Waals surface area (Å²) in [5, 5.41) is 12.5. The summed E-state index contributed by atoms with van der Waals surface area (Å²) in [7, 11) is 0. The Bertz CT molecular complexity index is 713. The maximum absolute atomic E-state index is 13.1. The number of benzene rings is 1. The average Bonchev–Trinajstić information content (AvgIpc) is 2.96. The van der Waals surface area contributed by atoms with Gasteiger partial charge in [-0.2, -0.15) is 18.3 Å². The predicted octanol–water partition coefficient (Wildman–Crippen LogP) is 2.65. The molecule has 24 heavy (non-hydrogen) atoms. The molecule has 0 saturated carbocycles. The van der Waals surface area contributed by atoms with Crippen molar-refractivity contribution in [2.24, 2.45) is 0 Å². The monoisotopic (exact) mass is 342 g/mol. The SMILES string of the molecule is OCCCc1cn(Cc2cccc3c2OCCO3)nc1C(F)(F)F. The second-order valence-electron chi connectivity index (χ2n) is 5.47. The first kappa shape index (κ1) is 16.6. The number of alkyl halides is 3. The van der Waals surface area contributed by atoms with Gasteiger partial charge in [-0.15, -0.1) is 0 Å². The average molecular weight is 342 g/mol. The summed E-state index contributed by atoms with van der Waals surface area (Å²) in [5.74, 6) is 1.13. The molecule has 2 aromatic rings. The highest BCUT2D eigenvalue weighted by Gasteiger charge is 2.37. The molecule has 0 saturated heterocycles. The first-order valence-electron chi connectivity index (χ1n) is 7.61. The molecule has 0 fully saturated rings. The molecule has 0 atom stereocenters. The fraction of sp³-hybridized carbons (Fsp3) is 0.438. The van der Waals surface area contributed by atoms with Crippen LogP contribution in [0.3, 0.4) is 0 Å². The number of para-hydroxylation sites is 1. The molecule has 0 spiro atoms. The number of aryl methyl sites for hydroxylation is 1. The summed E-state index contributed by atoms with van der Waals surface area (Å²) in [6.07, 6.45) is -2.77. The van der Waals surface area contributed by atoms with Crippen LogP contribution < -0.4 is 9.47 Å². The molecule has 0 amide bonds. The number of aliphatic hydroxyl groups excluding tert-OH is 1.